The Morgan fingerprint density at radius 1 is 0.476 bits per heavy atom. The molecule has 0 saturated carbocycles. The van der Waals surface area contributed by atoms with Gasteiger partial charge in [-0.3, -0.25) is 0 Å². The van der Waals surface area contributed by atoms with Gasteiger partial charge in [-0.2, -0.15) is 22.2 Å². The zero-order valence-corrected chi connectivity index (χ0v) is 28.3. The third-order valence-corrected chi connectivity index (χ3v) is 20.5. The van der Waals surface area contributed by atoms with Crippen LogP contribution in [0.15, 0.2) is 109 Å². The quantitative estimate of drug-likeness (QED) is 0.115. The average molecular weight is 624 g/mol. The van der Waals surface area contributed by atoms with Crippen molar-refractivity contribution in [2.24, 2.45) is 0 Å². The van der Waals surface area contributed by atoms with E-state index in [1.54, 1.807) is 0 Å². The molecule has 214 valence electrons. The first kappa shape index (κ1) is 29.4. The van der Waals surface area contributed by atoms with Gasteiger partial charge >= 0.3 is 0 Å². The van der Waals surface area contributed by atoms with Crippen molar-refractivity contribution < 1.29 is 0 Å². The molecule has 2 atom stereocenters. The second kappa shape index (κ2) is 12.5. The maximum Gasteiger partial charge on any atom is 0.218 e. The fourth-order valence-corrected chi connectivity index (χ4v) is 20.4. The Bertz CT molecular complexity index is 1500. The molecule has 0 nitrogen and oxygen atoms in total. The van der Waals surface area contributed by atoms with Crippen LogP contribution < -0.4 is 10.4 Å². The Labute approximate surface area is 263 Å². The summed E-state index contributed by atoms with van der Waals surface area (Å²) in [5, 5.41) is 5.62. The van der Waals surface area contributed by atoms with Gasteiger partial charge in [0.2, 0.25) is 14.8 Å². The first-order chi connectivity index (χ1) is 20.5. The van der Waals surface area contributed by atoms with Crippen molar-refractivity contribution in [3.63, 3.8) is 0 Å². The lowest BCUT2D eigenvalue weighted by Crippen LogP contribution is -2.47. The van der Waals surface area contributed by atoms with E-state index in [0.717, 1.165) is 24.9 Å². The summed E-state index contributed by atoms with van der Waals surface area (Å²) in [4.78, 5) is 0. The normalized spacial score (nSPS) is 21.1. The number of unbranched alkanes of at least 4 members (excludes halogenated alkanes) is 2. The van der Waals surface area contributed by atoms with Crippen molar-refractivity contribution in [3.8, 4) is 0 Å². The zero-order valence-electron chi connectivity index (χ0n) is 24.8. The summed E-state index contributed by atoms with van der Waals surface area (Å²) in [5.41, 5.74) is 8.29. The lowest BCUT2D eigenvalue weighted by Gasteiger charge is -2.31. The van der Waals surface area contributed by atoms with Crippen LogP contribution in [-0.2, 0) is 0 Å². The van der Waals surface area contributed by atoms with Crippen LogP contribution in [0.25, 0.3) is 21.5 Å². The van der Waals surface area contributed by atoms with Gasteiger partial charge in [-0.05, 0) is 91.9 Å². The standard InChI is InChI=1S/C38H40Cl2Si2/c1-3-5-21-33-31-23-13-15-25-35(31)41(39,37(33)29-17-9-7-10-18-29)27-28-42(40)36-26-16-14-24-32(36)34(22-6-4-2)38(42)30-19-11-8-12-20-30/h7-20,23-26H,3-6,21-22,27-28H2,1-2H3/t41-,42+. The van der Waals surface area contributed by atoms with Gasteiger partial charge in [-0.15, -0.1) is 0 Å². The van der Waals surface area contributed by atoms with E-state index in [0.29, 0.717) is 0 Å². The lowest BCUT2D eigenvalue weighted by molar-refractivity contribution is 0.826. The molecule has 0 bridgehead atoms. The van der Waals surface area contributed by atoms with Crippen LogP contribution >= 0.6 is 22.2 Å². The molecule has 2 aliphatic heterocycles. The highest BCUT2D eigenvalue weighted by Crippen LogP contribution is 2.51. The smallest absolute Gasteiger partial charge is 0.155 e. The first-order valence-electron chi connectivity index (χ1n) is 15.7. The Morgan fingerprint density at radius 3 is 1.21 bits per heavy atom. The van der Waals surface area contributed by atoms with Crippen LogP contribution in [0.5, 0.6) is 0 Å². The molecule has 0 amide bonds. The minimum Gasteiger partial charge on any atom is -0.155 e. The van der Waals surface area contributed by atoms with Gasteiger partial charge in [0.25, 0.3) is 0 Å². The van der Waals surface area contributed by atoms with Gasteiger partial charge in [-0.25, -0.2) is 0 Å². The zero-order chi connectivity index (χ0) is 29.2. The summed E-state index contributed by atoms with van der Waals surface area (Å²) in [7, 11) is -5.25. The number of fused-ring (bicyclic) bond motifs is 2. The lowest BCUT2D eigenvalue weighted by atomic mass is 9.98. The summed E-state index contributed by atoms with van der Waals surface area (Å²) < 4.78 is 0. The van der Waals surface area contributed by atoms with Gasteiger partial charge in [0.1, 0.15) is 0 Å². The average Bonchev–Trinajstić information content (AvgIpc) is 3.44. The van der Waals surface area contributed by atoms with E-state index in [-0.39, 0.29) is 0 Å². The number of rotatable bonds is 11. The van der Waals surface area contributed by atoms with Crippen LogP contribution in [0.2, 0.25) is 12.1 Å². The van der Waals surface area contributed by atoms with Crippen molar-refractivity contribution >= 4 is 68.8 Å². The van der Waals surface area contributed by atoms with E-state index in [2.05, 4.69) is 123 Å². The molecule has 42 heavy (non-hydrogen) atoms. The maximum atomic E-state index is 8.19. The Morgan fingerprint density at radius 2 is 0.833 bits per heavy atom. The van der Waals surface area contributed by atoms with Gasteiger partial charge in [0, 0.05) is 0 Å². The molecule has 0 aliphatic carbocycles. The van der Waals surface area contributed by atoms with Gasteiger partial charge in [0.05, 0.1) is 0 Å². The first-order valence-corrected chi connectivity index (χ1v) is 22.1. The van der Waals surface area contributed by atoms with Crippen LogP contribution in [0, 0.1) is 0 Å². The minimum atomic E-state index is -2.62. The summed E-state index contributed by atoms with van der Waals surface area (Å²) >= 11 is 16.4. The molecular formula is C38H40Cl2Si2. The second-order valence-electron chi connectivity index (χ2n) is 11.8. The number of halogens is 2. The van der Waals surface area contributed by atoms with Crippen LogP contribution in [-0.4, -0.2) is 14.8 Å². The maximum absolute atomic E-state index is 8.19. The fourth-order valence-electron chi connectivity index (χ4n) is 7.31. The fraction of sp³-hybridized carbons (Fsp3) is 0.263. The monoisotopic (exact) mass is 622 g/mol. The molecule has 0 spiro atoms. The van der Waals surface area contributed by atoms with Crippen LogP contribution in [0.3, 0.4) is 0 Å². The summed E-state index contributed by atoms with van der Waals surface area (Å²) in [6.07, 6.45) is 6.83. The SMILES string of the molecule is CCCCC1=C(c2ccccc2)[Si@](Cl)(CC[Si@]2(Cl)C(c3ccccc3)=C(CCCC)c3ccccc32)c2ccccc21. The number of hydrogen-bond acceptors (Lipinski definition) is 0. The third-order valence-electron chi connectivity index (χ3n) is 9.25. The Kier molecular flexibility index (Phi) is 8.79. The molecule has 2 aliphatic rings. The summed E-state index contributed by atoms with van der Waals surface area (Å²) in [5.74, 6) is 0. The van der Waals surface area contributed by atoms with Crippen molar-refractivity contribution in [1.82, 2.24) is 0 Å². The predicted molar refractivity (Wildman–Crippen MR) is 191 cm³/mol. The van der Waals surface area contributed by atoms with Crippen molar-refractivity contribution in [1.29, 1.82) is 0 Å². The predicted octanol–water partition coefficient (Wildman–Crippen LogP) is 10.5. The van der Waals surface area contributed by atoms with Crippen molar-refractivity contribution in [3.05, 3.63) is 131 Å². The molecule has 0 fully saturated rings. The van der Waals surface area contributed by atoms with E-state index in [1.807, 2.05) is 0 Å². The number of benzene rings is 4. The molecule has 0 unspecified atom stereocenters. The van der Waals surface area contributed by atoms with E-state index >= 15 is 0 Å². The van der Waals surface area contributed by atoms with E-state index in [9.17, 15) is 0 Å². The summed E-state index contributed by atoms with van der Waals surface area (Å²) in [6.45, 7) is 4.56. The molecule has 4 aromatic rings. The number of hydrogen-bond donors (Lipinski definition) is 0. The topological polar surface area (TPSA) is 0 Å². The molecule has 4 aromatic carbocycles. The highest BCUT2D eigenvalue weighted by molar-refractivity contribution is 7.41. The van der Waals surface area contributed by atoms with E-state index < -0.39 is 14.8 Å². The van der Waals surface area contributed by atoms with Crippen LogP contribution in [0.1, 0.15) is 74.6 Å². The van der Waals surface area contributed by atoms with Gasteiger partial charge in [-0.1, -0.05) is 136 Å². The number of allylic oxidation sites excluding steroid dienone is 2. The van der Waals surface area contributed by atoms with Gasteiger partial charge < -0.3 is 0 Å². The highest BCUT2D eigenvalue weighted by Gasteiger charge is 2.52. The molecule has 0 radical (unpaired) electrons. The summed E-state index contributed by atoms with van der Waals surface area (Å²) in [6, 6.07) is 41.9. The molecule has 6 rings (SSSR count). The molecule has 0 N–H and O–H groups in total. The Balaban J connectivity index is 1.49. The largest absolute Gasteiger partial charge is 0.218 e. The molecule has 2 heterocycles. The van der Waals surface area contributed by atoms with Gasteiger partial charge in [0.15, 0.2) is 0 Å². The highest BCUT2D eigenvalue weighted by atomic mass is 35.6. The molecule has 0 saturated heterocycles. The molecular weight excluding hydrogens is 583 g/mol. The Hall–Kier alpha value is -2.63. The second-order valence-corrected chi connectivity index (χ2v) is 22.0. The van der Waals surface area contributed by atoms with Crippen molar-refractivity contribution in [2.75, 3.05) is 0 Å². The third kappa shape index (κ3) is 5.11. The van der Waals surface area contributed by atoms with E-state index in [4.69, 9.17) is 22.2 Å². The molecule has 0 aromatic heterocycles. The minimum absolute atomic E-state index is 0.937. The van der Waals surface area contributed by atoms with Crippen molar-refractivity contribution in [2.45, 2.75) is 64.5 Å². The van der Waals surface area contributed by atoms with E-state index in [1.165, 1.54) is 79.8 Å². The molecule has 4 heteroatoms. The van der Waals surface area contributed by atoms with Crippen LogP contribution in [0.4, 0.5) is 0 Å².